The summed E-state index contributed by atoms with van der Waals surface area (Å²) in [4.78, 5) is 12.4. The van der Waals surface area contributed by atoms with Gasteiger partial charge in [0.05, 0.1) is 21.2 Å². The van der Waals surface area contributed by atoms with Crippen LogP contribution in [0, 0.1) is 6.92 Å². The van der Waals surface area contributed by atoms with Crippen LogP contribution in [-0.4, -0.2) is 27.4 Å². The molecule has 0 bridgehead atoms. The van der Waals surface area contributed by atoms with E-state index in [1.165, 1.54) is 19.2 Å². The zero-order chi connectivity index (χ0) is 18.8. The first kappa shape index (κ1) is 19.3. The molecule has 0 aliphatic rings. The molecule has 2 rings (SSSR count). The average molecular weight is 381 g/mol. The Morgan fingerprint density at radius 3 is 2.28 bits per heavy atom. The summed E-state index contributed by atoms with van der Waals surface area (Å²) < 4.78 is 26.7. The second kappa shape index (κ2) is 7.45. The minimum Gasteiger partial charge on any atom is -0.350 e. The molecule has 1 N–H and O–H groups in total. The fraction of sp³-hybridized carbons (Fsp3) is 0.278. The number of nitrogens with zero attached hydrogens (tertiary/aromatic N) is 1. The van der Waals surface area contributed by atoms with Gasteiger partial charge in [0.2, 0.25) is 0 Å². The highest BCUT2D eigenvalue weighted by atomic mass is 35.5. The highest BCUT2D eigenvalue weighted by Gasteiger charge is 2.23. The fourth-order valence-electron chi connectivity index (χ4n) is 2.23. The highest BCUT2D eigenvalue weighted by Crippen LogP contribution is 2.27. The number of sulfonamides is 1. The zero-order valence-corrected chi connectivity index (χ0v) is 16.1. The molecular weight excluding hydrogens is 360 g/mol. The van der Waals surface area contributed by atoms with Crippen molar-refractivity contribution >= 4 is 33.2 Å². The van der Waals surface area contributed by atoms with Gasteiger partial charge in [-0.05, 0) is 51.1 Å². The van der Waals surface area contributed by atoms with Gasteiger partial charge in [-0.3, -0.25) is 9.10 Å². The summed E-state index contributed by atoms with van der Waals surface area (Å²) in [6, 6.07) is 11.1. The molecule has 2 aromatic rings. The number of carbonyl (C=O) groups is 1. The molecule has 7 heteroatoms. The Bertz CT molecular complexity index is 878. The summed E-state index contributed by atoms with van der Waals surface area (Å²) in [5.74, 6) is -0.344. The lowest BCUT2D eigenvalue weighted by atomic mass is 10.1. The van der Waals surface area contributed by atoms with E-state index in [1.54, 1.807) is 30.3 Å². The molecule has 0 saturated carbocycles. The highest BCUT2D eigenvalue weighted by molar-refractivity contribution is 7.92. The Hall–Kier alpha value is -2.05. The number of anilines is 1. The molecule has 0 atom stereocenters. The Morgan fingerprint density at radius 2 is 1.72 bits per heavy atom. The van der Waals surface area contributed by atoms with E-state index in [2.05, 4.69) is 5.32 Å². The third-order valence-corrected chi connectivity index (χ3v) is 5.79. The fourth-order valence-corrected chi connectivity index (χ4v) is 3.62. The van der Waals surface area contributed by atoms with E-state index >= 15 is 0 Å². The molecular formula is C18H21ClN2O3S. The number of benzene rings is 2. The minimum atomic E-state index is -3.73. The molecule has 0 aromatic heterocycles. The SMILES string of the molecule is Cc1ccc(S(=O)(=O)N(C)c2ccc(Cl)c(C(=O)NC(C)C)c2)cc1. The molecule has 25 heavy (non-hydrogen) atoms. The maximum Gasteiger partial charge on any atom is 0.264 e. The van der Waals surface area contributed by atoms with Crippen LogP contribution in [0.1, 0.15) is 29.8 Å². The van der Waals surface area contributed by atoms with E-state index in [0.717, 1.165) is 9.87 Å². The van der Waals surface area contributed by atoms with E-state index in [4.69, 9.17) is 11.6 Å². The van der Waals surface area contributed by atoms with Gasteiger partial charge in [-0.15, -0.1) is 0 Å². The van der Waals surface area contributed by atoms with Crippen molar-refractivity contribution in [2.24, 2.45) is 0 Å². The van der Waals surface area contributed by atoms with Crippen molar-refractivity contribution in [2.45, 2.75) is 31.7 Å². The first-order valence-corrected chi connectivity index (χ1v) is 9.60. The van der Waals surface area contributed by atoms with E-state index in [9.17, 15) is 13.2 Å². The summed E-state index contributed by atoms with van der Waals surface area (Å²) in [5.41, 5.74) is 1.57. The molecule has 0 spiro atoms. The van der Waals surface area contributed by atoms with Gasteiger partial charge in [0.25, 0.3) is 15.9 Å². The van der Waals surface area contributed by atoms with Crippen LogP contribution in [0.15, 0.2) is 47.4 Å². The summed E-state index contributed by atoms with van der Waals surface area (Å²) in [6.07, 6.45) is 0. The number of hydrogen-bond donors (Lipinski definition) is 1. The lowest BCUT2D eigenvalue weighted by molar-refractivity contribution is 0.0943. The van der Waals surface area contributed by atoms with Crippen LogP contribution in [-0.2, 0) is 10.0 Å². The number of carbonyl (C=O) groups excluding carboxylic acids is 1. The van der Waals surface area contributed by atoms with E-state index < -0.39 is 10.0 Å². The maximum absolute atomic E-state index is 12.8. The zero-order valence-electron chi connectivity index (χ0n) is 14.6. The quantitative estimate of drug-likeness (QED) is 0.861. The lowest BCUT2D eigenvalue weighted by Gasteiger charge is -2.21. The van der Waals surface area contributed by atoms with Gasteiger partial charge in [0.15, 0.2) is 0 Å². The molecule has 0 radical (unpaired) electrons. The van der Waals surface area contributed by atoms with Gasteiger partial charge >= 0.3 is 0 Å². The van der Waals surface area contributed by atoms with Crippen LogP contribution in [0.3, 0.4) is 0 Å². The van der Waals surface area contributed by atoms with Crippen LogP contribution >= 0.6 is 11.6 Å². The number of hydrogen-bond acceptors (Lipinski definition) is 3. The minimum absolute atomic E-state index is 0.0544. The second-order valence-corrected chi connectivity index (χ2v) is 8.45. The number of nitrogens with one attached hydrogen (secondary N) is 1. The van der Waals surface area contributed by atoms with Gasteiger partial charge in [-0.1, -0.05) is 29.3 Å². The Kier molecular flexibility index (Phi) is 5.75. The monoisotopic (exact) mass is 380 g/mol. The first-order valence-electron chi connectivity index (χ1n) is 7.79. The van der Waals surface area contributed by atoms with Crippen molar-refractivity contribution in [3.05, 3.63) is 58.6 Å². The van der Waals surface area contributed by atoms with Crippen LogP contribution in [0.4, 0.5) is 5.69 Å². The predicted octanol–water partition coefficient (Wildman–Crippen LogP) is 3.61. The van der Waals surface area contributed by atoms with Gasteiger partial charge < -0.3 is 5.32 Å². The smallest absolute Gasteiger partial charge is 0.264 e. The first-order chi connectivity index (χ1) is 11.6. The van der Waals surface area contributed by atoms with Crippen molar-refractivity contribution in [1.29, 1.82) is 0 Å². The van der Waals surface area contributed by atoms with E-state index in [1.807, 2.05) is 20.8 Å². The Morgan fingerprint density at radius 1 is 1.12 bits per heavy atom. The number of amides is 1. The topological polar surface area (TPSA) is 66.5 Å². The molecule has 0 unspecified atom stereocenters. The molecule has 1 amide bonds. The van der Waals surface area contributed by atoms with Crippen molar-refractivity contribution in [3.63, 3.8) is 0 Å². The van der Waals surface area contributed by atoms with Crippen LogP contribution in [0.2, 0.25) is 5.02 Å². The van der Waals surface area contributed by atoms with Gasteiger partial charge in [0.1, 0.15) is 0 Å². The largest absolute Gasteiger partial charge is 0.350 e. The molecule has 2 aromatic carbocycles. The molecule has 0 fully saturated rings. The molecule has 0 aliphatic carbocycles. The average Bonchev–Trinajstić information content (AvgIpc) is 2.54. The van der Waals surface area contributed by atoms with Crippen molar-refractivity contribution in [3.8, 4) is 0 Å². The van der Waals surface area contributed by atoms with Gasteiger partial charge in [0, 0.05) is 13.1 Å². The standard InChI is InChI=1S/C18H21ClN2O3S/c1-12(2)20-18(22)16-11-14(7-10-17(16)19)21(4)25(23,24)15-8-5-13(3)6-9-15/h5-12H,1-4H3,(H,20,22). The summed E-state index contributed by atoms with van der Waals surface area (Å²) in [6.45, 7) is 5.56. The Balaban J connectivity index is 2.40. The third kappa shape index (κ3) is 4.32. The van der Waals surface area contributed by atoms with E-state index in [0.29, 0.717) is 5.69 Å². The molecule has 0 aliphatic heterocycles. The van der Waals surface area contributed by atoms with Crippen LogP contribution in [0.25, 0.3) is 0 Å². The van der Waals surface area contributed by atoms with Crippen molar-refractivity contribution in [2.75, 3.05) is 11.4 Å². The summed E-state index contributed by atoms with van der Waals surface area (Å²) >= 11 is 6.10. The number of halogens is 1. The Labute approximate surface area is 153 Å². The van der Waals surface area contributed by atoms with Crippen LogP contribution in [0.5, 0.6) is 0 Å². The summed E-state index contributed by atoms with van der Waals surface area (Å²) in [7, 11) is -2.28. The number of aryl methyl sites for hydroxylation is 1. The molecule has 0 heterocycles. The summed E-state index contributed by atoms with van der Waals surface area (Å²) in [5, 5.41) is 3.02. The molecule has 134 valence electrons. The van der Waals surface area contributed by atoms with Crippen LogP contribution < -0.4 is 9.62 Å². The molecule has 0 saturated heterocycles. The number of rotatable bonds is 5. The van der Waals surface area contributed by atoms with Gasteiger partial charge in [-0.25, -0.2) is 8.42 Å². The third-order valence-electron chi connectivity index (χ3n) is 3.66. The van der Waals surface area contributed by atoms with E-state index in [-0.39, 0.29) is 27.4 Å². The second-order valence-electron chi connectivity index (χ2n) is 6.08. The normalized spacial score (nSPS) is 11.4. The lowest BCUT2D eigenvalue weighted by Crippen LogP contribution is -2.31. The van der Waals surface area contributed by atoms with Crippen molar-refractivity contribution < 1.29 is 13.2 Å². The predicted molar refractivity (Wildman–Crippen MR) is 101 cm³/mol. The molecule has 5 nitrogen and oxygen atoms in total. The maximum atomic E-state index is 12.8. The van der Waals surface area contributed by atoms with Crippen molar-refractivity contribution in [1.82, 2.24) is 5.32 Å². The van der Waals surface area contributed by atoms with Gasteiger partial charge in [-0.2, -0.15) is 0 Å².